The van der Waals surface area contributed by atoms with Crippen LogP contribution in [0, 0.1) is 5.92 Å². The monoisotopic (exact) mass is 268 g/mol. The van der Waals surface area contributed by atoms with Gasteiger partial charge in [0.15, 0.2) is 0 Å². The first-order valence-electron chi connectivity index (χ1n) is 6.78. The van der Waals surface area contributed by atoms with Gasteiger partial charge in [-0.25, -0.2) is 0 Å². The second-order valence-electron chi connectivity index (χ2n) is 5.19. The van der Waals surface area contributed by atoms with Gasteiger partial charge in [0, 0.05) is 0 Å². The fraction of sp³-hybridized carbons (Fsp3) is 0.235. The number of carboxylic acids is 1. The molecule has 0 saturated heterocycles. The van der Waals surface area contributed by atoms with Crippen molar-refractivity contribution in [3.05, 3.63) is 60.2 Å². The van der Waals surface area contributed by atoms with E-state index < -0.39 is 5.97 Å². The first kappa shape index (κ1) is 12.7. The molecule has 0 unspecified atom stereocenters. The van der Waals surface area contributed by atoms with E-state index in [0.717, 1.165) is 29.9 Å². The smallest absolute Gasteiger partial charge is 0.306 e. The van der Waals surface area contributed by atoms with Crippen molar-refractivity contribution in [2.24, 2.45) is 5.92 Å². The summed E-state index contributed by atoms with van der Waals surface area (Å²) < 4.78 is 5.80. The zero-order valence-electron chi connectivity index (χ0n) is 11.0. The van der Waals surface area contributed by atoms with Crippen molar-refractivity contribution >= 4 is 5.97 Å². The first-order valence-corrected chi connectivity index (χ1v) is 6.78. The summed E-state index contributed by atoms with van der Waals surface area (Å²) in [5.74, 6) is 1.08. The Bertz CT molecular complexity index is 601. The van der Waals surface area contributed by atoms with Crippen molar-refractivity contribution in [1.82, 2.24) is 0 Å². The van der Waals surface area contributed by atoms with E-state index in [-0.39, 0.29) is 5.92 Å². The van der Waals surface area contributed by atoms with Crippen LogP contribution in [0.3, 0.4) is 0 Å². The Hall–Kier alpha value is -2.29. The summed E-state index contributed by atoms with van der Waals surface area (Å²) >= 11 is 0. The predicted molar refractivity (Wildman–Crippen MR) is 76.1 cm³/mol. The van der Waals surface area contributed by atoms with Crippen molar-refractivity contribution in [3.63, 3.8) is 0 Å². The zero-order valence-corrected chi connectivity index (χ0v) is 11.0. The summed E-state index contributed by atoms with van der Waals surface area (Å²) in [5, 5.41) is 8.92. The van der Waals surface area contributed by atoms with Gasteiger partial charge in [-0.3, -0.25) is 4.79 Å². The third-order valence-corrected chi connectivity index (χ3v) is 3.80. The van der Waals surface area contributed by atoms with Crippen LogP contribution in [0.2, 0.25) is 0 Å². The van der Waals surface area contributed by atoms with Crippen molar-refractivity contribution in [1.29, 1.82) is 0 Å². The highest BCUT2D eigenvalue weighted by atomic mass is 16.5. The van der Waals surface area contributed by atoms with Crippen LogP contribution >= 0.6 is 0 Å². The Morgan fingerprint density at radius 3 is 2.40 bits per heavy atom. The van der Waals surface area contributed by atoms with Crippen LogP contribution in [0.5, 0.6) is 11.5 Å². The van der Waals surface area contributed by atoms with Gasteiger partial charge in [0.25, 0.3) is 0 Å². The van der Waals surface area contributed by atoms with Crippen molar-refractivity contribution < 1.29 is 14.6 Å². The molecule has 1 aliphatic rings. The third kappa shape index (κ3) is 2.67. The van der Waals surface area contributed by atoms with E-state index in [0.29, 0.717) is 5.92 Å². The molecule has 0 aliphatic heterocycles. The summed E-state index contributed by atoms with van der Waals surface area (Å²) in [6.45, 7) is 0. The van der Waals surface area contributed by atoms with E-state index in [1.54, 1.807) is 0 Å². The fourth-order valence-electron chi connectivity index (χ4n) is 2.55. The maximum Gasteiger partial charge on any atom is 0.306 e. The lowest BCUT2D eigenvalue weighted by Gasteiger charge is -2.32. The zero-order chi connectivity index (χ0) is 13.9. The van der Waals surface area contributed by atoms with E-state index in [4.69, 9.17) is 9.84 Å². The van der Waals surface area contributed by atoms with Gasteiger partial charge in [0.05, 0.1) is 5.92 Å². The van der Waals surface area contributed by atoms with Gasteiger partial charge in [-0.1, -0.05) is 30.3 Å². The number of ether oxygens (including phenoxy) is 1. The molecule has 102 valence electrons. The Morgan fingerprint density at radius 2 is 1.70 bits per heavy atom. The van der Waals surface area contributed by atoms with Gasteiger partial charge in [0.2, 0.25) is 0 Å². The number of carbonyl (C=O) groups is 1. The van der Waals surface area contributed by atoms with E-state index in [1.165, 1.54) is 0 Å². The summed E-state index contributed by atoms with van der Waals surface area (Å²) in [6.07, 6.45) is 1.45. The Balaban J connectivity index is 1.69. The average Bonchev–Trinajstić information content (AvgIpc) is 2.38. The summed E-state index contributed by atoms with van der Waals surface area (Å²) in [4.78, 5) is 10.8. The molecule has 0 heterocycles. The van der Waals surface area contributed by atoms with Crippen molar-refractivity contribution in [2.45, 2.75) is 18.8 Å². The molecule has 2 aromatic carbocycles. The Kier molecular flexibility index (Phi) is 3.42. The molecule has 1 N–H and O–H groups in total. The minimum absolute atomic E-state index is 0.182. The van der Waals surface area contributed by atoms with Gasteiger partial charge in [0.1, 0.15) is 11.5 Å². The van der Waals surface area contributed by atoms with Crippen molar-refractivity contribution in [3.8, 4) is 11.5 Å². The molecule has 3 heteroatoms. The van der Waals surface area contributed by atoms with Gasteiger partial charge < -0.3 is 9.84 Å². The SMILES string of the molecule is O=C(O)[C@H]1C[C@H](c2cccc(Oc3ccccc3)c2)C1. The molecule has 3 nitrogen and oxygen atoms in total. The highest BCUT2D eigenvalue weighted by Gasteiger charge is 2.35. The molecule has 20 heavy (non-hydrogen) atoms. The van der Waals surface area contributed by atoms with Gasteiger partial charge in [-0.15, -0.1) is 0 Å². The Labute approximate surface area is 117 Å². The standard InChI is InChI=1S/C17H16O3/c18-17(19)14-9-13(10-14)12-5-4-8-16(11-12)20-15-6-2-1-3-7-15/h1-8,11,13-14H,9-10H2,(H,18,19)/t13-,14-. The van der Waals surface area contributed by atoms with Crippen LogP contribution in [-0.4, -0.2) is 11.1 Å². The molecule has 3 rings (SSSR count). The number of para-hydroxylation sites is 1. The summed E-state index contributed by atoms with van der Waals surface area (Å²) in [5.41, 5.74) is 1.16. The highest BCUT2D eigenvalue weighted by Crippen LogP contribution is 2.42. The second kappa shape index (κ2) is 5.37. The van der Waals surface area contributed by atoms with Crippen LogP contribution in [0.15, 0.2) is 54.6 Å². The molecule has 1 fully saturated rings. The quantitative estimate of drug-likeness (QED) is 0.909. The largest absolute Gasteiger partial charge is 0.481 e. The third-order valence-electron chi connectivity index (χ3n) is 3.80. The molecule has 0 radical (unpaired) electrons. The molecule has 0 aromatic heterocycles. The number of hydrogen-bond donors (Lipinski definition) is 1. The minimum atomic E-state index is -0.682. The first-order chi connectivity index (χ1) is 9.72. The number of benzene rings is 2. The minimum Gasteiger partial charge on any atom is -0.481 e. The molecule has 1 saturated carbocycles. The van der Waals surface area contributed by atoms with Gasteiger partial charge >= 0.3 is 5.97 Å². The lowest BCUT2D eigenvalue weighted by molar-refractivity contribution is -0.145. The molecular weight excluding hydrogens is 252 g/mol. The summed E-state index contributed by atoms with van der Waals surface area (Å²) in [6, 6.07) is 17.6. The maximum absolute atomic E-state index is 10.8. The lowest BCUT2D eigenvalue weighted by atomic mass is 9.71. The van der Waals surface area contributed by atoms with Crippen LogP contribution in [0.4, 0.5) is 0 Å². The topological polar surface area (TPSA) is 46.5 Å². The van der Waals surface area contributed by atoms with Crippen LogP contribution in [0.25, 0.3) is 0 Å². The average molecular weight is 268 g/mol. The lowest BCUT2D eigenvalue weighted by Crippen LogP contribution is -2.28. The second-order valence-corrected chi connectivity index (χ2v) is 5.19. The molecule has 0 spiro atoms. The van der Waals surface area contributed by atoms with E-state index in [9.17, 15) is 4.79 Å². The molecule has 2 aromatic rings. The fourth-order valence-corrected chi connectivity index (χ4v) is 2.55. The van der Waals surface area contributed by atoms with Crippen molar-refractivity contribution in [2.75, 3.05) is 0 Å². The Morgan fingerprint density at radius 1 is 1.00 bits per heavy atom. The van der Waals surface area contributed by atoms with Crippen LogP contribution in [-0.2, 0) is 4.79 Å². The molecular formula is C17H16O3. The van der Waals surface area contributed by atoms with E-state index in [1.807, 2.05) is 54.6 Å². The predicted octanol–water partition coefficient (Wildman–Crippen LogP) is 4.06. The van der Waals surface area contributed by atoms with E-state index >= 15 is 0 Å². The number of carboxylic acid groups (broad SMARTS) is 1. The molecule has 0 bridgehead atoms. The number of aliphatic carboxylic acids is 1. The maximum atomic E-state index is 10.8. The van der Waals surface area contributed by atoms with Gasteiger partial charge in [-0.05, 0) is 48.6 Å². The van der Waals surface area contributed by atoms with Crippen LogP contribution < -0.4 is 4.74 Å². The van der Waals surface area contributed by atoms with Crippen LogP contribution in [0.1, 0.15) is 24.3 Å². The molecule has 0 amide bonds. The number of rotatable bonds is 4. The highest BCUT2D eigenvalue weighted by molar-refractivity contribution is 5.71. The van der Waals surface area contributed by atoms with Gasteiger partial charge in [-0.2, -0.15) is 0 Å². The summed E-state index contributed by atoms with van der Waals surface area (Å²) in [7, 11) is 0. The molecule has 0 atom stereocenters. The van der Waals surface area contributed by atoms with E-state index in [2.05, 4.69) is 0 Å². The molecule has 1 aliphatic carbocycles. The number of hydrogen-bond acceptors (Lipinski definition) is 2. The normalized spacial score (nSPS) is 21.0.